The lowest BCUT2D eigenvalue weighted by Crippen LogP contribution is -2.38. The maximum Gasteiger partial charge on any atom is 0.495 e. The van der Waals surface area contributed by atoms with E-state index in [0.29, 0.717) is 0 Å². The van der Waals surface area contributed by atoms with Gasteiger partial charge in [-0.15, -0.1) is 0 Å². The van der Waals surface area contributed by atoms with Gasteiger partial charge in [0.05, 0.1) is 0 Å². The van der Waals surface area contributed by atoms with Crippen LogP contribution in [0.4, 0.5) is 22.0 Å². The van der Waals surface area contributed by atoms with Crippen LogP contribution >= 0.6 is 0 Å². The van der Waals surface area contributed by atoms with Crippen LogP contribution in [-0.2, 0) is 10.8 Å². The highest BCUT2D eigenvalue weighted by Gasteiger charge is 2.33. The zero-order valence-corrected chi connectivity index (χ0v) is 10.1. The second kappa shape index (κ2) is 5.30. The lowest BCUT2D eigenvalue weighted by molar-refractivity contribution is 0.184. The van der Waals surface area contributed by atoms with Gasteiger partial charge in [-0.25, -0.2) is 22.0 Å². The fourth-order valence-corrected chi connectivity index (χ4v) is 2.04. The van der Waals surface area contributed by atoms with Gasteiger partial charge in [0.1, 0.15) is 0 Å². The third-order valence-electron chi connectivity index (χ3n) is 2.33. The van der Waals surface area contributed by atoms with Gasteiger partial charge in [0.15, 0.2) is 23.3 Å². The molecule has 0 fully saturated rings. The summed E-state index contributed by atoms with van der Waals surface area (Å²) in [4.78, 5) is 18.3. The number of hydrogen-bond donors (Lipinski definition) is 2. The molecule has 102 valence electrons. The second-order valence-corrected chi connectivity index (χ2v) is 5.89. The summed E-state index contributed by atoms with van der Waals surface area (Å²) < 4.78 is 68.9. The third-order valence-corrected chi connectivity index (χ3v) is 3.88. The first-order valence-corrected chi connectivity index (χ1v) is 6.72. The molecule has 0 aliphatic carbocycles. The largest absolute Gasteiger partial charge is 0.495 e. The maximum absolute atomic E-state index is 13.2. The van der Waals surface area contributed by atoms with Gasteiger partial charge >= 0.3 is 8.80 Å². The van der Waals surface area contributed by atoms with Crippen molar-refractivity contribution in [3.05, 3.63) is 34.6 Å². The molecule has 18 heavy (non-hydrogen) atoms. The Kier molecular flexibility index (Phi) is 4.43. The van der Waals surface area contributed by atoms with Gasteiger partial charge < -0.3 is 14.0 Å². The SMILES string of the molecule is CO[Si](O)(O)CCc1c(F)c(F)c(F)c(F)c1F. The molecule has 0 atom stereocenters. The van der Waals surface area contributed by atoms with Crippen LogP contribution in [0.5, 0.6) is 0 Å². The summed E-state index contributed by atoms with van der Waals surface area (Å²) in [6, 6.07) is -0.623. The quantitative estimate of drug-likeness (QED) is 0.382. The summed E-state index contributed by atoms with van der Waals surface area (Å²) in [7, 11) is -3.16. The molecule has 1 aromatic rings. The molecule has 0 radical (unpaired) electrons. The van der Waals surface area contributed by atoms with E-state index in [1.807, 2.05) is 0 Å². The third kappa shape index (κ3) is 2.86. The first kappa shape index (κ1) is 15.0. The Morgan fingerprint density at radius 1 is 0.889 bits per heavy atom. The van der Waals surface area contributed by atoms with E-state index in [-0.39, 0.29) is 0 Å². The lowest BCUT2D eigenvalue weighted by Gasteiger charge is -2.15. The van der Waals surface area contributed by atoms with Crippen LogP contribution in [0.15, 0.2) is 0 Å². The molecule has 2 N–H and O–H groups in total. The Labute approximate surface area is 99.8 Å². The molecule has 0 unspecified atom stereocenters. The lowest BCUT2D eigenvalue weighted by atomic mass is 10.1. The van der Waals surface area contributed by atoms with Crippen LogP contribution in [0.1, 0.15) is 5.56 Å². The standard InChI is InChI=1S/C9H9F5O3Si/c1-17-18(15,16)3-2-4-5(10)7(12)9(14)8(13)6(4)11/h15-16H,2-3H2,1H3. The van der Waals surface area contributed by atoms with Gasteiger partial charge in [0.2, 0.25) is 5.82 Å². The summed E-state index contributed by atoms with van der Waals surface area (Å²) in [6.45, 7) is 0. The smallest absolute Gasteiger partial charge is 0.390 e. The average molecular weight is 288 g/mol. The molecule has 0 bridgehead atoms. The van der Waals surface area contributed by atoms with Crippen molar-refractivity contribution in [1.29, 1.82) is 0 Å². The second-order valence-electron chi connectivity index (χ2n) is 3.50. The summed E-state index contributed by atoms with van der Waals surface area (Å²) in [5.74, 6) is -10.3. The first-order chi connectivity index (χ1) is 8.21. The van der Waals surface area contributed by atoms with E-state index < -0.39 is 55.9 Å². The number of benzene rings is 1. The zero-order chi connectivity index (χ0) is 14.1. The highest BCUT2D eigenvalue weighted by atomic mass is 28.4. The van der Waals surface area contributed by atoms with Gasteiger partial charge in [0.25, 0.3) is 0 Å². The van der Waals surface area contributed by atoms with E-state index in [2.05, 4.69) is 4.43 Å². The highest BCUT2D eigenvalue weighted by molar-refractivity contribution is 6.57. The molecule has 0 aliphatic heterocycles. The number of halogens is 5. The van der Waals surface area contributed by atoms with Crippen LogP contribution in [0, 0.1) is 29.1 Å². The van der Waals surface area contributed by atoms with Crippen LogP contribution < -0.4 is 0 Å². The molecule has 0 amide bonds. The molecule has 0 heterocycles. The molecule has 0 aliphatic rings. The van der Waals surface area contributed by atoms with E-state index >= 15 is 0 Å². The van der Waals surface area contributed by atoms with Crippen molar-refractivity contribution in [3.63, 3.8) is 0 Å². The van der Waals surface area contributed by atoms with Crippen LogP contribution in [0.3, 0.4) is 0 Å². The fourth-order valence-electron chi connectivity index (χ4n) is 1.26. The normalized spacial score (nSPS) is 12.0. The topological polar surface area (TPSA) is 49.7 Å². The Balaban J connectivity index is 3.11. The molecule has 1 aromatic carbocycles. The Bertz CT molecular complexity index is 437. The summed E-state index contributed by atoms with van der Waals surface area (Å²) in [5.41, 5.74) is -1.09. The van der Waals surface area contributed by atoms with Gasteiger partial charge in [-0.3, -0.25) is 0 Å². The predicted octanol–water partition coefficient (Wildman–Crippen LogP) is 1.49. The Morgan fingerprint density at radius 3 is 1.67 bits per heavy atom. The van der Waals surface area contributed by atoms with Crippen molar-refractivity contribution < 1.29 is 36.0 Å². The minimum Gasteiger partial charge on any atom is -0.390 e. The maximum atomic E-state index is 13.2. The molecular formula is C9H9F5O3Si. The van der Waals surface area contributed by atoms with Gasteiger partial charge in [-0.2, -0.15) is 0 Å². The van der Waals surface area contributed by atoms with Crippen molar-refractivity contribution >= 4 is 8.80 Å². The molecule has 0 aromatic heterocycles. The minimum atomic E-state index is -4.13. The molecule has 0 spiro atoms. The van der Waals surface area contributed by atoms with E-state index in [0.717, 1.165) is 7.11 Å². The first-order valence-electron chi connectivity index (χ1n) is 4.71. The minimum absolute atomic E-state index is 0.623. The van der Waals surface area contributed by atoms with Crippen molar-refractivity contribution in [2.24, 2.45) is 0 Å². The Morgan fingerprint density at radius 2 is 1.28 bits per heavy atom. The number of rotatable bonds is 4. The highest BCUT2D eigenvalue weighted by Crippen LogP contribution is 2.25. The molecule has 0 saturated heterocycles. The summed E-state index contributed by atoms with van der Waals surface area (Å²) in [6.07, 6.45) is -0.737. The van der Waals surface area contributed by atoms with Gasteiger partial charge in [-0.05, 0) is 6.42 Å². The Hall–Kier alpha value is -1.03. The molecule has 3 nitrogen and oxygen atoms in total. The van der Waals surface area contributed by atoms with E-state index in [1.54, 1.807) is 0 Å². The van der Waals surface area contributed by atoms with Crippen LogP contribution in [0.2, 0.25) is 6.04 Å². The van der Waals surface area contributed by atoms with Gasteiger partial charge in [0, 0.05) is 18.7 Å². The van der Waals surface area contributed by atoms with Gasteiger partial charge in [-0.1, -0.05) is 0 Å². The van der Waals surface area contributed by atoms with Crippen molar-refractivity contribution in [1.82, 2.24) is 0 Å². The summed E-state index contributed by atoms with van der Waals surface area (Å²) in [5, 5.41) is 0. The summed E-state index contributed by atoms with van der Waals surface area (Å²) >= 11 is 0. The monoisotopic (exact) mass is 288 g/mol. The molecule has 9 heteroatoms. The van der Waals surface area contributed by atoms with E-state index in [1.165, 1.54) is 0 Å². The van der Waals surface area contributed by atoms with Crippen LogP contribution in [-0.4, -0.2) is 25.5 Å². The average Bonchev–Trinajstić information content (AvgIpc) is 2.34. The van der Waals surface area contributed by atoms with Crippen molar-refractivity contribution in [2.75, 3.05) is 7.11 Å². The van der Waals surface area contributed by atoms with Crippen molar-refractivity contribution in [3.8, 4) is 0 Å². The van der Waals surface area contributed by atoms with E-state index in [4.69, 9.17) is 9.59 Å². The van der Waals surface area contributed by atoms with E-state index in [9.17, 15) is 22.0 Å². The van der Waals surface area contributed by atoms with Crippen molar-refractivity contribution in [2.45, 2.75) is 12.5 Å². The molecule has 0 saturated carbocycles. The number of hydrogen-bond acceptors (Lipinski definition) is 3. The van der Waals surface area contributed by atoms with Crippen LogP contribution in [0.25, 0.3) is 0 Å². The fraction of sp³-hybridized carbons (Fsp3) is 0.333. The molecule has 1 rings (SSSR count). The zero-order valence-electron chi connectivity index (χ0n) is 9.11. The molecular weight excluding hydrogens is 279 g/mol. The predicted molar refractivity (Wildman–Crippen MR) is 51.9 cm³/mol.